The molecule has 0 saturated heterocycles. The van der Waals surface area contributed by atoms with Gasteiger partial charge in [0.15, 0.2) is 0 Å². The summed E-state index contributed by atoms with van der Waals surface area (Å²) < 4.78 is 0. The van der Waals surface area contributed by atoms with E-state index in [1.807, 2.05) is 0 Å². The van der Waals surface area contributed by atoms with Crippen molar-refractivity contribution in [1.29, 1.82) is 0 Å². The summed E-state index contributed by atoms with van der Waals surface area (Å²) in [6, 6.07) is 0. The summed E-state index contributed by atoms with van der Waals surface area (Å²) in [7, 11) is 0. The van der Waals surface area contributed by atoms with Crippen LogP contribution in [0.25, 0.3) is 0 Å². The van der Waals surface area contributed by atoms with E-state index in [1.165, 1.54) is 12.2 Å². The molecule has 2 unspecified atom stereocenters. The largest absolute Gasteiger partial charge is 0.388 e. The normalized spacial score (nSPS) is 34.9. The Bertz CT molecular complexity index is 332. The van der Waals surface area contributed by atoms with Crippen LogP contribution in [0.3, 0.4) is 0 Å². The number of nitrogens with zero attached hydrogens (tertiary/aromatic N) is 1. The zero-order valence-corrected chi connectivity index (χ0v) is 9.48. The van der Waals surface area contributed by atoms with Crippen LogP contribution in [0.2, 0.25) is 0 Å². The second-order valence-corrected chi connectivity index (χ2v) is 5.02. The van der Waals surface area contributed by atoms with Crippen molar-refractivity contribution >= 4 is 11.8 Å². The molecule has 4 heteroatoms. The number of rotatable bonds is 2. The van der Waals surface area contributed by atoms with Crippen molar-refractivity contribution < 1.29 is 14.7 Å². The Balaban J connectivity index is 2.03. The van der Waals surface area contributed by atoms with Gasteiger partial charge in [0.25, 0.3) is 11.8 Å². The third-order valence-electron chi connectivity index (χ3n) is 3.42. The van der Waals surface area contributed by atoms with E-state index in [0.29, 0.717) is 18.8 Å². The Labute approximate surface area is 94.9 Å². The van der Waals surface area contributed by atoms with Crippen LogP contribution in [0, 0.1) is 5.92 Å². The first kappa shape index (κ1) is 11.3. The van der Waals surface area contributed by atoms with Gasteiger partial charge in [-0.25, -0.2) is 0 Å². The first-order valence-corrected chi connectivity index (χ1v) is 5.76. The van der Waals surface area contributed by atoms with E-state index in [0.717, 1.165) is 17.7 Å². The molecule has 0 radical (unpaired) electrons. The Hall–Kier alpha value is -1.16. The molecule has 2 rings (SSSR count). The molecule has 0 bridgehead atoms. The lowest BCUT2D eigenvalue weighted by atomic mass is 9.78. The first-order chi connectivity index (χ1) is 7.50. The van der Waals surface area contributed by atoms with Crippen LogP contribution in [0.5, 0.6) is 0 Å². The molecular weight excluding hydrogens is 206 g/mol. The van der Waals surface area contributed by atoms with Crippen LogP contribution < -0.4 is 0 Å². The fourth-order valence-corrected chi connectivity index (χ4v) is 2.66. The van der Waals surface area contributed by atoms with Gasteiger partial charge in [-0.2, -0.15) is 0 Å². The highest BCUT2D eigenvalue weighted by Crippen LogP contribution is 2.33. The van der Waals surface area contributed by atoms with Crippen molar-refractivity contribution in [2.45, 2.75) is 38.2 Å². The summed E-state index contributed by atoms with van der Waals surface area (Å²) in [5, 5.41) is 10.4. The Morgan fingerprint density at radius 1 is 1.44 bits per heavy atom. The molecule has 2 atom stereocenters. The van der Waals surface area contributed by atoms with Gasteiger partial charge in [-0.05, 0) is 18.8 Å². The van der Waals surface area contributed by atoms with E-state index in [2.05, 4.69) is 6.92 Å². The molecule has 1 N–H and O–H groups in total. The molecular formula is C12H17NO3. The van der Waals surface area contributed by atoms with E-state index >= 15 is 0 Å². The average molecular weight is 223 g/mol. The van der Waals surface area contributed by atoms with E-state index in [1.54, 1.807) is 0 Å². The Morgan fingerprint density at radius 2 is 2.06 bits per heavy atom. The quantitative estimate of drug-likeness (QED) is 0.706. The fourth-order valence-electron chi connectivity index (χ4n) is 2.66. The minimum absolute atomic E-state index is 0.141. The van der Waals surface area contributed by atoms with Gasteiger partial charge in [-0.15, -0.1) is 0 Å². The predicted molar refractivity (Wildman–Crippen MR) is 58.4 cm³/mol. The van der Waals surface area contributed by atoms with Gasteiger partial charge in [0.1, 0.15) is 0 Å². The first-order valence-electron chi connectivity index (χ1n) is 5.76. The summed E-state index contributed by atoms with van der Waals surface area (Å²) in [5.41, 5.74) is -0.880. The summed E-state index contributed by atoms with van der Waals surface area (Å²) in [4.78, 5) is 23.9. The molecule has 88 valence electrons. The maximum atomic E-state index is 11.4. The zero-order valence-electron chi connectivity index (χ0n) is 9.48. The number of carbonyl (C=O) groups is 2. The maximum absolute atomic E-state index is 11.4. The average Bonchev–Trinajstić information content (AvgIpc) is 2.49. The van der Waals surface area contributed by atoms with Crippen molar-refractivity contribution in [2.75, 3.05) is 6.54 Å². The molecule has 1 heterocycles. The van der Waals surface area contributed by atoms with Crippen LogP contribution in [0.1, 0.15) is 32.6 Å². The molecule has 2 amide bonds. The van der Waals surface area contributed by atoms with Gasteiger partial charge in [0, 0.05) is 12.2 Å². The minimum atomic E-state index is -0.880. The molecule has 1 fully saturated rings. The highest BCUT2D eigenvalue weighted by Gasteiger charge is 2.38. The summed E-state index contributed by atoms with van der Waals surface area (Å²) in [6.45, 7) is 2.23. The van der Waals surface area contributed by atoms with Gasteiger partial charge in [0.2, 0.25) is 0 Å². The lowest BCUT2D eigenvalue weighted by Gasteiger charge is -2.37. The smallest absolute Gasteiger partial charge is 0.253 e. The van der Waals surface area contributed by atoms with Crippen molar-refractivity contribution in [3.8, 4) is 0 Å². The van der Waals surface area contributed by atoms with Crippen LogP contribution in [0.4, 0.5) is 0 Å². The molecule has 0 spiro atoms. The van der Waals surface area contributed by atoms with E-state index in [9.17, 15) is 14.7 Å². The van der Waals surface area contributed by atoms with Crippen LogP contribution >= 0.6 is 0 Å². The van der Waals surface area contributed by atoms with Gasteiger partial charge in [0.05, 0.1) is 12.1 Å². The molecule has 0 aromatic heterocycles. The standard InChI is InChI=1S/C12H17NO3/c1-9-3-2-6-12(16,7-9)8-13-10(14)4-5-11(13)15/h4-5,9,16H,2-3,6-8H2,1H3. The van der Waals surface area contributed by atoms with Crippen molar-refractivity contribution in [2.24, 2.45) is 5.92 Å². The second-order valence-electron chi connectivity index (χ2n) is 5.02. The summed E-state index contributed by atoms with van der Waals surface area (Å²) in [6.07, 6.45) is 5.94. The highest BCUT2D eigenvalue weighted by atomic mass is 16.3. The Kier molecular flexibility index (Phi) is 2.84. The monoisotopic (exact) mass is 223 g/mol. The molecule has 1 saturated carbocycles. The number of imide groups is 1. The molecule has 4 nitrogen and oxygen atoms in total. The molecule has 0 aromatic rings. The van der Waals surface area contributed by atoms with Gasteiger partial charge >= 0.3 is 0 Å². The van der Waals surface area contributed by atoms with Gasteiger partial charge in [-0.3, -0.25) is 14.5 Å². The topological polar surface area (TPSA) is 57.6 Å². The number of amides is 2. The number of aliphatic hydroxyl groups is 1. The molecule has 16 heavy (non-hydrogen) atoms. The van der Waals surface area contributed by atoms with Crippen molar-refractivity contribution in [3.05, 3.63) is 12.2 Å². The van der Waals surface area contributed by atoms with Crippen molar-refractivity contribution in [1.82, 2.24) is 4.90 Å². The van der Waals surface area contributed by atoms with E-state index in [4.69, 9.17) is 0 Å². The predicted octanol–water partition coefficient (Wildman–Crippen LogP) is 0.853. The molecule has 1 aliphatic carbocycles. The van der Waals surface area contributed by atoms with Crippen LogP contribution in [-0.4, -0.2) is 34.0 Å². The van der Waals surface area contributed by atoms with Crippen LogP contribution in [0.15, 0.2) is 12.2 Å². The van der Waals surface area contributed by atoms with Crippen LogP contribution in [-0.2, 0) is 9.59 Å². The zero-order chi connectivity index (χ0) is 11.8. The molecule has 0 aromatic carbocycles. The molecule has 2 aliphatic rings. The maximum Gasteiger partial charge on any atom is 0.253 e. The highest BCUT2D eigenvalue weighted by molar-refractivity contribution is 6.12. The third kappa shape index (κ3) is 2.16. The number of β-amino-alcohol motifs (C(OH)–C–C–N with tert-alkyl or cyclic N) is 1. The fraction of sp³-hybridized carbons (Fsp3) is 0.667. The number of carbonyl (C=O) groups excluding carboxylic acids is 2. The molecule has 1 aliphatic heterocycles. The van der Waals surface area contributed by atoms with E-state index < -0.39 is 5.60 Å². The SMILES string of the molecule is CC1CCCC(O)(CN2C(=O)C=CC2=O)C1. The minimum Gasteiger partial charge on any atom is -0.388 e. The van der Waals surface area contributed by atoms with Crippen molar-refractivity contribution in [3.63, 3.8) is 0 Å². The van der Waals surface area contributed by atoms with E-state index in [-0.39, 0.29) is 18.4 Å². The number of hydrogen-bond acceptors (Lipinski definition) is 3. The summed E-state index contributed by atoms with van der Waals surface area (Å²) in [5.74, 6) is -0.159. The van der Waals surface area contributed by atoms with Gasteiger partial charge < -0.3 is 5.11 Å². The number of hydrogen-bond donors (Lipinski definition) is 1. The Morgan fingerprint density at radius 3 is 2.62 bits per heavy atom. The lowest BCUT2D eigenvalue weighted by molar-refractivity contribution is -0.142. The lowest BCUT2D eigenvalue weighted by Crippen LogP contribution is -2.48. The summed E-state index contributed by atoms with van der Waals surface area (Å²) >= 11 is 0. The third-order valence-corrected chi connectivity index (χ3v) is 3.42. The second kappa shape index (κ2) is 4.01. The van der Waals surface area contributed by atoms with Gasteiger partial charge in [-0.1, -0.05) is 19.8 Å².